The van der Waals surface area contributed by atoms with E-state index in [1.807, 2.05) is 6.92 Å². The third-order valence-corrected chi connectivity index (χ3v) is 4.09. The molecule has 0 aliphatic carbocycles. The maximum atomic E-state index is 9.93. The average molecular weight is 378 g/mol. The van der Waals surface area contributed by atoms with Gasteiger partial charge in [0, 0.05) is 29.9 Å². The van der Waals surface area contributed by atoms with Crippen molar-refractivity contribution in [3.8, 4) is 23.3 Å². The van der Waals surface area contributed by atoms with E-state index in [1.54, 1.807) is 48.7 Å². The molecule has 1 aromatic heterocycles. The van der Waals surface area contributed by atoms with Crippen molar-refractivity contribution in [2.24, 2.45) is 0 Å². The number of nitrogen functional groups attached to an aromatic ring is 1. The first kappa shape index (κ1) is 19.4. The molecule has 1 atom stereocenters. The number of hydrogen-bond donors (Lipinski definition) is 3. The SMILES string of the molecule is CCNC[C@@H](O)COc1cc2nccc(Oc3ccc(N)cc3)c2cc1C#N. The van der Waals surface area contributed by atoms with E-state index < -0.39 is 6.10 Å². The number of aliphatic hydroxyl groups is 1. The average Bonchev–Trinajstić information content (AvgIpc) is 2.71. The van der Waals surface area contributed by atoms with Gasteiger partial charge in [-0.3, -0.25) is 4.98 Å². The Hall–Kier alpha value is -3.34. The van der Waals surface area contributed by atoms with E-state index in [4.69, 9.17) is 15.2 Å². The van der Waals surface area contributed by atoms with Crippen molar-refractivity contribution in [2.75, 3.05) is 25.4 Å². The lowest BCUT2D eigenvalue weighted by Crippen LogP contribution is -2.31. The van der Waals surface area contributed by atoms with Crippen LogP contribution in [0.25, 0.3) is 10.9 Å². The molecule has 28 heavy (non-hydrogen) atoms. The van der Waals surface area contributed by atoms with Gasteiger partial charge in [-0.15, -0.1) is 0 Å². The molecular weight excluding hydrogens is 356 g/mol. The number of anilines is 1. The van der Waals surface area contributed by atoms with Crippen molar-refractivity contribution < 1.29 is 14.6 Å². The Morgan fingerprint density at radius 1 is 1.21 bits per heavy atom. The summed E-state index contributed by atoms with van der Waals surface area (Å²) in [6.45, 7) is 3.22. The number of benzene rings is 2. The van der Waals surface area contributed by atoms with Crippen LogP contribution in [0.3, 0.4) is 0 Å². The highest BCUT2D eigenvalue weighted by molar-refractivity contribution is 5.88. The van der Waals surface area contributed by atoms with E-state index in [0.717, 1.165) is 6.54 Å². The molecule has 2 aromatic carbocycles. The fraction of sp³-hybridized carbons (Fsp3) is 0.238. The van der Waals surface area contributed by atoms with Gasteiger partial charge in [0.25, 0.3) is 0 Å². The van der Waals surface area contributed by atoms with Gasteiger partial charge in [-0.25, -0.2) is 0 Å². The minimum Gasteiger partial charge on any atom is -0.489 e. The molecule has 0 radical (unpaired) electrons. The molecule has 7 nitrogen and oxygen atoms in total. The van der Waals surface area contributed by atoms with Crippen LogP contribution in [-0.2, 0) is 0 Å². The lowest BCUT2D eigenvalue weighted by molar-refractivity contribution is 0.107. The molecule has 144 valence electrons. The number of aliphatic hydroxyl groups excluding tert-OH is 1. The standard InChI is InChI=1S/C21H22N4O3/c1-2-24-12-16(26)13-27-21-10-19-18(9-14(21)11-22)20(7-8-25-19)28-17-5-3-15(23)4-6-17/h3-10,16,24,26H,2,12-13,23H2,1H3/t16-/m1/s1. The second kappa shape index (κ2) is 9.04. The summed E-state index contributed by atoms with van der Waals surface area (Å²) in [6, 6.07) is 14.3. The summed E-state index contributed by atoms with van der Waals surface area (Å²) in [5, 5.41) is 23.2. The van der Waals surface area contributed by atoms with Crippen molar-refractivity contribution in [2.45, 2.75) is 13.0 Å². The Kier molecular flexibility index (Phi) is 6.27. The van der Waals surface area contributed by atoms with Gasteiger partial charge in [0.05, 0.1) is 11.1 Å². The number of fused-ring (bicyclic) bond motifs is 1. The highest BCUT2D eigenvalue weighted by Gasteiger charge is 2.13. The normalized spacial score (nSPS) is 11.8. The molecule has 0 amide bonds. The second-order valence-electron chi connectivity index (χ2n) is 6.23. The molecule has 0 saturated carbocycles. The van der Waals surface area contributed by atoms with Crippen molar-refractivity contribution >= 4 is 16.6 Å². The molecular formula is C21H22N4O3. The maximum Gasteiger partial charge on any atom is 0.139 e. The fourth-order valence-corrected chi connectivity index (χ4v) is 2.66. The Morgan fingerprint density at radius 2 is 2.00 bits per heavy atom. The van der Waals surface area contributed by atoms with Gasteiger partial charge in [-0.05, 0) is 42.9 Å². The number of rotatable bonds is 8. The summed E-state index contributed by atoms with van der Waals surface area (Å²) in [6.07, 6.45) is 0.959. The van der Waals surface area contributed by atoms with Crippen LogP contribution in [-0.4, -0.2) is 35.9 Å². The van der Waals surface area contributed by atoms with Crippen molar-refractivity contribution in [3.05, 3.63) is 54.2 Å². The highest BCUT2D eigenvalue weighted by Crippen LogP contribution is 2.33. The number of likely N-dealkylation sites (N-methyl/N-ethyl adjacent to an activating group) is 1. The summed E-state index contributed by atoms with van der Waals surface area (Å²) in [4.78, 5) is 4.35. The number of nitriles is 1. The van der Waals surface area contributed by atoms with Crippen LogP contribution in [0.5, 0.6) is 17.2 Å². The summed E-state index contributed by atoms with van der Waals surface area (Å²) >= 11 is 0. The quantitative estimate of drug-likeness (QED) is 0.517. The smallest absolute Gasteiger partial charge is 0.139 e. The largest absolute Gasteiger partial charge is 0.489 e. The lowest BCUT2D eigenvalue weighted by Gasteiger charge is -2.15. The summed E-state index contributed by atoms with van der Waals surface area (Å²) in [5.74, 6) is 1.58. The Labute approximate surface area is 163 Å². The Bertz CT molecular complexity index is 983. The van der Waals surface area contributed by atoms with E-state index >= 15 is 0 Å². The minimum absolute atomic E-state index is 0.0782. The fourth-order valence-electron chi connectivity index (χ4n) is 2.66. The minimum atomic E-state index is -0.671. The van der Waals surface area contributed by atoms with Crippen LogP contribution in [0.15, 0.2) is 48.7 Å². The molecule has 3 aromatic rings. The number of hydrogen-bond acceptors (Lipinski definition) is 7. The molecule has 1 heterocycles. The number of pyridine rings is 1. The van der Waals surface area contributed by atoms with Gasteiger partial charge >= 0.3 is 0 Å². The monoisotopic (exact) mass is 378 g/mol. The number of nitrogens with zero attached hydrogens (tertiary/aromatic N) is 2. The Balaban J connectivity index is 1.86. The van der Waals surface area contributed by atoms with E-state index in [9.17, 15) is 10.4 Å². The maximum absolute atomic E-state index is 9.93. The topological polar surface area (TPSA) is 113 Å². The van der Waals surface area contributed by atoms with Gasteiger partial charge in [-0.2, -0.15) is 5.26 Å². The number of aromatic nitrogens is 1. The van der Waals surface area contributed by atoms with Crippen LogP contribution in [0, 0.1) is 11.3 Å². The van der Waals surface area contributed by atoms with Crippen molar-refractivity contribution in [3.63, 3.8) is 0 Å². The molecule has 0 aliphatic rings. The Morgan fingerprint density at radius 3 is 2.71 bits per heavy atom. The van der Waals surface area contributed by atoms with Crippen molar-refractivity contribution in [1.82, 2.24) is 10.3 Å². The van der Waals surface area contributed by atoms with E-state index in [1.165, 1.54) is 0 Å². The van der Waals surface area contributed by atoms with E-state index in [2.05, 4.69) is 16.4 Å². The lowest BCUT2D eigenvalue weighted by atomic mass is 10.1. The highest BCUT2D eigenvalue weighted by atomic mass is 16.5. The third kappa shape index (κ3) is 4.68. The second-order valence-corrected chi connectivity index (χ2v) is 6.23. The predicted molar refractivity (Wildman–Crippen MR) is 107 cm³/mol. The molecule has 0 unspecified atom stereocenters. The molecule has 0 fully saturated rings. The van der Waals surface area contributed by atoms with Gasteiger partial charge in [0.2, 0.25) is 0 Å². The zero-order valence-corrected chi connectivity index (χ0v) is 15.6. The first-order valence-electron chi connectivity index (χ1n) is 8.98. The summed E-state index contributed by atoms with van der Waals surface area (Å²) < 4.78 is 11.6. The molecule has 0 spiro atoms. The molecule has 4 N–H and O–H groups in total. The first-order valence-corrected chi connectivity index (χ1v) is 8.98. The first-order chi connectivity index (χ1) is 13.6. The van der Waals surface area contributed by atoms with Crippen LogP contribution >= 0.6 is 0 Å². The molecule has 3 rings (SSSR count). The zero-order chi connectivity index (χ0) is 19.9. The molecule has 0 saturated heterocycles. The van der Waals surface area contributed by atoms with Crippen LogP contribution in [0.2, 0.25) is 0 Å². The van der Waals surface area contributed by atoms with Crippen LogP contribution in [0.1, 0.15) is 12.5 Å². The van der Waals surface area contributed by atoms with Crippen LogP contribution in [0.4, 0.5) is 5.69 Å². The van der Waals surface area contributed by atoms with Gasteiger partial charge in [0.15, 0.2) is 0 Å². The number of nitrogens with two attached hydrogens (primary N) is 1. The zero-order valence-electron chi connectivity index (χ0n) is 15.6. The third-order valence-electron chi connectivity index (χ3n) is 4.09. The van der Waals surface area contributed by atoms with Gasteiger partial charge < -0.3 is 25.6 Å². The van der Waals surface area contributed by atoms with Crippen molar-refractivity contribution in [1.29, 1.82) is 5.26 Å². The number of nitrogens with one attached hydrogen (secondary N) is 1. The van der Waals surface area contributed by atoms with Crippen LogP contribution < -0.4 is 20.5 Å². The van der Waals surface area contributed by atoms with E-state index in [0.29, 0.717) is 45.9 Å². The summed E-state index contributed by atoms with van der Waals surface area (Å²) in [5.41, 5.74) is 7.33. The predicted octanol–water partition coefficient (Wildman–Crippen LogP) is 2.83. The van der Waals surface area contributed by atoms with Gasteiger partial charge in [0.1, 0.15) is 36.0 Å². The van der Waals surface area contributed by atoms with Gasteiger partial charge in [-0.1, -0.05) is 6.92 Å². The molecule has 0 bridgehead atoms. The summed E-state index contributed by atoms with van der Waals surface area (Å²) in [7, 11) is 0. The molecule has 7 heteroatoms. The van der Waals surface area contributed by atoms with E-state index in [-0.39, 0.29) is 6.61 Å². The molecule has 0 aliphatic heterocycles. The number of ether oxygens (including phenoxy) is 2.